The first-order valence-electron chi connectivity index (χ1n) is 14.0. The number of para-hydroxylation sites is 1. The van der Waals surface area contributed by atoms with Gasteiger partial charge in [0.15, 0.2) is 0 Å². The van der Waals surface area contributed by atoms with E-state index < -0.39 is 12.3 Å². The molecule has 0 spiro atoms. The molecule has 2 aromatic carbocycles. The van der Waals surface area contributed by atoms with E-state index in [-0.39, 0.29) is 60.4 Å². The maximum absolute atomic E-state index is 13.1. The molecule has 2 saturated heterocycles. The lowest BCUT2D eigenvalue weighted by atomic mass is 9.78. The van der Waals surface area contributed by atoms with Crippen LogP contribution >= 0.6 is 0 Å². The summed E-state index contributed by atoms with van der Waals surface area (Å²) in [5.41, 5.74) is 1.96. The number of esters is 1. The number of halogens is 3. The number of anilines is 1. The second kappa shape index (κ2) is 11.3. The van der Waals surface area contributed by atoms with Gasteiger partial charge in [0.2, 0.25) is 0 Å². The van der Waals surface area contributed by atoms with Gasteiger partial charge in [-0.25, -0.2) is 9.59 Å². The SMILES string of the molecule is CCOC(=O)c1cccc(NC(=O)N2C3CC(OCc4c(-c5ccccc5OC(F)(F)F)noc4C4CC4)CC2C3)c1. The van der Waals surface area contributed by atoms with Crippen molar-refractivity contribution in [3.63, 3.8) is 0 Å². The van der Waals surface area contributed by atoms with Gasteiger partial charge < -0.3 is 29.0 Å². The maximum Gasteiger partial charge on any atom is 0.573 e. The molecule has 4 aliphatic rings. The number of fused-ring (bicyclic) bond motifs is 2. The summed E-state index contributed by atoms with van der Waals surface area (Å²) in [6.07, 6.45) is -1.03. The lowest BCUT2D eigenvalue weighted by Gasteiger charge is -2.54. The van der Waals surface area contributed by atoms with Crippen molar-refractivity contribution in [3.8, 4) is 17.0 Å². The van der Waals surface area contributed by atoms with Gasteiger partial charge in [-0.05, 0) is 69.4 Å². The van der Waals surface area contributed by atoms with E-state index >= 15 is 0 Å². The Hall–Kier alpha value is -4.06. The summed E-state index contributed by atoms with van der Waals surface area (Å²) >= 11 is 0. The zero-order valence-corrected chi connectivity index (χ0v) is 22.9. The van der Waals surface area contributed by atoms with Crippen LogP contribution in [0.4, 0.5) is 23.7 Å². The molecule has 3 heterocycles. The van der Waals surface area contributed by atoms with Crippen molar-refractivity contribution in [2.75, 3.05) is 11.9 Å². The smallest absolute Gasteiger partial charge is 0.462 e. The molecule has 1 aromatic heterocycles. The molecule has 222 valence electrons. The number of hydrogen-bond acceptors (Lipinski definition) is 7. The highest BCUT2D eigenvalue weighted by atomic mass is 19.4. The Bertz CT molecular complexity index is 1460. The van der Waals surface area contributed by atoms with Crippen LogP contribution in [0.1, 0.15) is 66.6 Å². The molecule has 2 aliphatic carbocycles. The fourth-order valence-corrected chi connectivity index (χ4v) is 5.83. The average Bonchev–Trinajstić information content (AvgIpc) is 3.70. The molecule has 12 heteroatoms. The monoisotopic (exact) mass is 585 g/mol. The molecular formula is C30H30F3N3O6. The molecule has 42 heavy (non-hydrogen) atoms. The molecule has 2 amide bonds. The van der Waals surface area contributed by atoms with Crippen molar-refractivity contribution in [2.24, 2.45) is 0 Å². The number of carbonyl (C=O) groups excluding carboxylic acids is 2. The van der Waals surface area contributed by atoms with Crippen molar-refractivity contribution < 1.29 is 41.5 Å². The van der Waals surface area contributed by atoms with E-state index in [0.717, 1.165) is 19.3 Å². The molecule has 2 atom stereocenters. The Morgan fingerprint density at radius 3 is 2.55 bits per heavy atom. The van der Waals surface area contributed by atoms with E-state index in [1.165, 1.54) is 18.2 Å². The Morgan fingerprint density at radius 1 is 1.07 bits per heavy atom. The summed E-state index contributed by atoms with van der Waals surface area (Å²) < 4.78 is 60.4. The van der Waals surface area contributed by atoms with Gasteiger partial charge in [-0.3, -0.25) is 0 Å². The molecule has 0 radical (unpaired) electrons. The van der Waals surface area contributed by atoms with E-state index in [1.54, 1.807) is 37.3 Å². The van der Waals surface area contributed by atoms with Crippen LogP contribution in [0.3, 0.4) is 0 Å². The number of nitrogens with one attached hydrogen (secondary N) is 1. The number of carbonyl (C=O) groups is 2. The summed E-state index contributed by atoms with van der Waals surface area (Å²) in [5, 5.41) is 7.01. The minimum Gasteiger partial charge on any atom is -0.462 e. The topological polar surface area (TPSA) is 103 Å². The van der Waals surface area contributed by atoms with E-state index in [9.17, 15) is 22.8 Å². The van der Waals surface area contributed by atoms with Gasteiger partial charge >= 0.3 is 18.4 Å². The first-order valence-corrected chi connectivity index (χ1v) is 14.0. The van der Waals surface area contributed by atoms with E-state index in [0.29, 0.717) is 35.4 Å². The van der Waals surface area contributed by atoms with Gasteiger partial charge in [-0.15, -0.1) is 13.2 Å². The zero-order valence-electron chi connectivity index (χ0n) is 22.9. The Kier molecular flexibility index (Phi) is 7.56. The highest BCUT2D eigenvalue weighted by Gasteiger charge is 2.48. The number of rotatable bonds is 9. The second-order valence-electron chi connectivity index (χ2n) is 10.8. The number of piperidine rings is 1. The number of ether oxygens (including phenoxy) is 3. The first kappa shape index (κ1) is 28.1. The van der Waals surface area contributed by atoms with E-state index in [4.69, 9.17) is 14.0 Å². The van der Waals surface area contributed by atoms with Crippen LogP contribution in [-0.4, -0.2) is 53.2 Å². The van der Waals surface area contributed by atoms with Gasteiger partial charge in [0.1, 0.15) is 17.2 Å². The lowest BCUT2D eigenvalue weighted by molar-refractivity contribution is -0.274. The van der Waals surface area contributed by atoms with Crippen LogP contribution in [0.25, 0.3) is 11.3 Å². The van der Waals surface area contributed by atoms with Crippen molar-refractivity contribution in [1.29, 1.82) is 0 Å². The van der Waals surface area contributed by atoms with Crippen molar-refractivity contribution in [3.05, 3.63) is 65.4 Å². The highest BCUT2D eigenvalue weighted by molar-refractivity contribution is 5.94. The van der Waals surface area contributed by atoms with Crippen LogP contribution in [0.5, 0.6) is 5.75 Å². The van der Waals surface area contributed by atoms with Gasteiger partial charge in [0, 0.05) is 34.8 Å². The number of urea groups is 1. The molecule has 1 N–H and O–H groups in total. The quantitative estimate of drug-likeness (QED) is 0.281. The summed E-state index contributed by atoms with van der Waals surface area (Å²) in [4.78, 5) is 26.9. The maximum atomic E-state index is 13.1. The largest absolute Gasteiger partial charge is 0.573 e. The third-order valence-corrected chi connectivity index (χ3v) is 7.86. The zero-order chi connectivity index (χ0) is 29.4. The van der Waals surface area contributed by atoms with Gasteiger partial charge in [0.05, 0.1) is 24.9 Å². The average molecular weight is 586 g/mol. The first-order chi connectivity index (χ1) is 20.2. The molecule has 3 aromatic rings. The van der Waals surface area contributed by atoms with Crippen LogP contribution in [-0.2, 0) is 16.1 Å². The molecule has 4 fully saturated rings. The molecule has 2 bridgehead atoms. The Morgan fingerprint density at radius 2 is 1.83 bits per heavy atom. The lowest BCUT2D eigenvalue weighted by Crippen LogP contribution is -2.65. The third kappa shape index (κ3) is 5.94. The number of alkyl halides is 3. The van der Waals surface area contributed by atoms with Crippen LogP contribution in [0.2, 0.25) is 0 Å². The van der Waals surface area contributed by atoms with Crippen LogP contribution in [0, 0.1) is 0 Å². The van der Waals surface area contributed by atoms with Crippen molar-refractivity contribution >= 4 is 17.7 Å². The van der Waals surface area contributed by atoms with Crippen molar-refractivity contribution in [2.45, 2.75) is 76.1 Å². The van der Waals surface area contributed by atoms with E-state index in [2.05, 4.69) is 15.2 Å². The number of hydrogen-bond donors (Lipinski definition) is 1. The van der Waals surface area contributed by atoms with Crippen molar-refractivity contribution in [1.82, 2.24) is 10.1 Å². The predicted molar refractivity (Wildman–Crippen MR) is 144 cm³/mol. The number of benzene rings is 2. The summed E-state index contributed by atoms with van der Waals surface area (Å²) in [6.45, 7) is 2.12. The molecule has 2 unspecified atom stereocenters. The highest BCUT2D eigenvalue weighted by Crippen LogP contribution is 2.46. The Labute approximate surface area is 239 Å². The Balaban J connectivity index is 1.10. The van der Waals surface area contributed by atoms with Crippen LogP contribution < -0.4 is 10.1 Å². The van der Waals surface area contributed by atoms with Gasteiger partial charge in [-0.1, -0.05) is 23.4 Å². The standard InChI is InChI=1S/C30H30F3N3O6/c1-2-39-28(37)18-6-5-7-19(12-18)34-29(38)36-20-13-21(36)15-22(14-20)40-16-24-26(35-42-27(24)17-10-11-17)23-8-3-4-9-25(23)41-30(31,32)33/h3-9,12,17,20-22H,2,10-11,13-16H2,1H3,(H,34,38). The summed E-state index contributed by atoms with van der Waals surface area (Å²) in [7, 11) is 0. The predicted octanol–water partition coefficient (Wildman–Crippen LogP) is 6.65. The summed E-state index contributed by atoms with van der Waals surface area (Å²) in [6, 6.07) is 12.2. The molecule has 7 rings (SSSR count). The van der Waals surface area contributed by atoms with E-state index in [1.807, 2.05) is 4.90 Å². The van der Waals surface area contributed by atoms with Gasteiger partial charge in [-0.2, -0.15) is 0 Å². The number of nitrogens with zero attached hydrogens (tertiary/aromatic N) is 2. The molecular weight excluding hydrogens is 555 g/mol. The minimum absolute atomic E-state index is 0.00671. The molecule has 9 nitrogen and oxygen atoms in total. The van der Waals surface area contributed by atoms with Crippen LogP contribution in [0.15, 0.2) is 53.1 Å². The summed E-state index contributed by atoms with van der Waals surface area (Å²) in [5.74, 6) is 0.00232. The normalized spacial score (nSPS) is 21.4. The number of aromatic nitrogens is 1. The van der Waals surface area contributed by atoms with Gasteiger partial charge in [0.25, 0.3) is 0 Å². The molecule has 2 saturated carbocycles. The number of amides is 2. The fourth-order valence-electron chi connectivity index (χ4n) is 5.83. The minimum atomic E-state index is -4.85. The molecule has 2 aliphatic heterocycles. The second-order valence-corrected chi connectivity index (χ2v) is 10.8. The fraction of sp³-hybridized carbons (Fsp3) is 0.433. The third-order valence-electron chi connectivity index (χ3n) is 7.86.